The number of unbranched alkanes of at least 4 members (excludes halogenated alkanes) is 2. The lowest BCUT2D eigenvalue weighted by Crippen LogP contribution is -2.61. The number of rotatable bonds is 17. The van der Waals surface area contributed by atoms with Gasteiger partial charge in [-0.15, -0.1) is 0 Å². The van der Waals surface area contributed by atoms with Gasteiger partial charge in [0.2, 0.25) is 35.4 Å². The topological polar surface area (TPSA) is 342 Å². The van der Waals surface area contributed by atoms with E-state index in [4.69, 9.17) is 20.8 Å². The maximum Gasteiger partial charge on any atom is 0.294 e. The maximum atomic E-state index is 14.4. The monoisotopic (exact) mass is 1230 g/mol. The van der Waals surface area contributed by atoms with E-state index < -0.39 is 99.9 Å². The Morgan fingerprint density at radius 1 is 0.705 bits per heavy atom. The van der Waals surface area contributed by atoms with Gasteiger partial charge in [-0.2, -0.15) is 8.42 Å². The van der Waals surface area contributed by atoms with Crippen molar-refractivity contribution in [3.8, 4) is 33.8 Å². The van der Waals surface area contributed by atoms with Crippen LogP contribution >= 0.6 is 0 Å². The van der Waals surface area contributed by atoms with Crippen LogP contribution in [-0.4, -0.2) is 156 Å². The summed E-state index contributed by atoms with van der Waals surface area (Å²) in [5.41, 5.74) is 18.0. The summed E-state index contributed by atoms with van der Waals surface area (Å²) in [5.74, 6) is -3.61. The van der Waals surface area contributed by atoms with Crippen LogP contribution < -0.4 is 42.8 Å². The largest absolute Gasteiger partial charge is 0.508 e. The minimum absolute atomic E-state index is 0.0159. The molecule has 0 saturated carbocycles. The Hall–Kier alpha value is -8.22. The van der Waals surface area contributed by atoms with Gasteiger partial charge in [0.1, 0.15) is 47.8 Å². The minimum atomic E-state index is -4.02. The zero-order valence-electron chi connectivity index (χ0n) is 50.1. The van der Waals surface area contributed by atoms with Crippen molar-refractivity contribution in [3.63, 3.8) is 0 Å². The van der Waals surface area contributed by atoms with Gasteiger partial charge >= 0.3 is 0 Å². The highest BCUT2D eigenvalue weighted by Gasteiger charge is 2.43. The zero-order chi connectivity index (χ0) is 63.5. The molecule has 23 heteroatoms. The molecule has 472 valence electrons. The molecule has 3 aliphatic rings. The van der Waals surface area contributed by atoms with Crippen molar-refractivity contribution in [3.05, 3.63) is 138 Å². The molecule has 3 aliphatic heterocycles. The molecule has 0 spiro atoms. The van der Waals surface area contributed by atoms with Gasteiger partial charge in [-0.05, 0) is 161 Å². The second-order valence-electron chi connectivity index (χ2n) is 22.7. The van der Waals surface area contributed by atoms with E-state index in [1.807, 2.05) is 55.5 Å². The number of carbonyl (C=O) groups excluding carboxylic acids is 7. The third kappa shape index (κ3) is 18.9. The van der Waals surface area contributed by atoms with Crippen LogP contribution in [0.2, 0.25) is 0 Å². The number of aliphatic hydroxyl groups excluding tert-OH is 1. The summed E-state index contributed by atoms with van der Waals surface area (Å²) in [4.78, 5) is 102. The number of aliphatic hydroxyl groups is 1. The predicted octanol–water partition coefficient (Wildman–Crippen LogP) is 4.67. The number of aromatic hydroxyl groups is 1. The summed E-state index contributed by atoms with van der Waals surface area (Å²) in [6.45, 7) is 6.40. The molecule has 0 unspecified atom stereocenters. The molecule has 0 aromatic heterocycles. The lowest BCUT2D eigenvalue weighted by atomic mass is 9.99. The Labute approximate surface area is 514 Å². The molecular formula is C65H83N9O13S. The van der Waals surface area contributed by atoms with E-state index in [-0.39, 0.29) is 87.3 Å². The van der Waals surface area contributed by atoms with Crippen LogP contribution in [0.1, 0.15) is 106 Å². The first kappa shape index (κ1) is 67.3. The second-order valence-corrected chi connectivity index (χ2v) is 24.1. The number of ether oxygens (including phenoxy) is 1. The fourth-order valence-electron chi connectivity index (χ4n) is 10.9. The van der Waals surface area contributed by atoms with Crippen molar-refractivity contribution >= 4 is 51.5 Å². The molecule has 22 nitrogen and oxygen atoms in total. The number of nitrogens with one attached hydrogen (secondary N) is 5. The number of phenols is 1. The number of fused-ring (bicyclic) bond motifs is 2. The number of benzene rings is 5. The predicted molar refractivity (Wildman–Crippen MR) is 332 cm³/mol. The van der Waals surface area contributed by atoms with Gasteiger partial charge in [0.05, 0.1) is 17.6 Å². The average molecular weight is 1230 g/mol. The fourth-order valence-corrected chi connectivity index (χ4v) is 11.3. The first-order chi connectivity index (χ1) is 42.1. The maximum absolute atomic E-state index is 14.4. The number of phenolic OH excluding ortho intramolecular Hbond substituents is 1. The van der Waals surface area contributed by atoms with Crippen LogP contribution in [0, 0.1) is 6.92 Å². The molecule has 3 saturated heterocycles. The summed E-state index contributed by atoms with van der Waals surface area (Å²) in [7, 11) is -4.02. The smallest absolute Gasteiger partial charge is 0.294 e. The van der Waals surface area contributed by atoms with Crippen molar-refractivity contribution in [2.75, 3.05) is 32.8 Å². The van der Waals surface area contributed by atoms with E-state index in [0.29, 0.717) is 19.4 Å². The van der Waals surface area contributed by atoms with E-state index in [1.165, 1.54) is 41.0 Å². The van der Waals surface area contributed by atoms with Gasteiger partial charge in [-0.3, -0.25) is 38.1 Å². The number of aryl methyl sites for hydroxylation is 2. The van der Waals surface area contributed by atoms with Crippen molar-refractivity contribution in [1.29, 1.82) is 0 Å². The van der Waals surface area contributed by atoms with Gasteiger partial charge in [0.25, 0.3) is 16.0 Å². The zero-order valence-corrected chi connectivity index (χ0v) is 50.9. The lowest BCUT2D eigenvalue weighted by molar-refractivity contribution is -0.144. The Kier molecular flexibility index (Phi) is 24.6. The number of amides is 7. The minimum Gasteiger partial charge on any atom is -0.508 e. The Morgan fingerprint density at radius 3 is 1.92 bits per heavy atom. The van der Waals surface area contributed by atoms with E-state index in [0.717, 1.165) is 58.4 Å². The fraction of sp³-hybridized carbons (Fsp3) is 0.431. The van der Waals surface area contributed by atoms with Crippen molar-refractivity contribution in [1.82, 2.24) is 36.4 Å². The van der Waals surface area contributed by atoms with Crippen LogP contribution in [0.4, 0.5) is 0 Å². The van der Waals surface area contributed by atoms with Gasteiger partial charge in [0.15, 0.2) is 0 Å². The van der Waals surface area contributed by atoms with Crippen LogP contribution in [0.5, 0.6) is 11.5 Å². The van der Waals surface area contributed by atoms with Crippen LogP contribution in [0.15, 0.2) is 126 Å². The summed E-state index contributed by atoms with van der Waals surface area (Å²) in [6, 6.07) is 27.5. The summed E-state index contributed by atoms with van der Waals surface area (Å²) in [6.07, 6.45) is 3.55. The highest BCUT2D eigenvalue weighted by Crippen LogP contribution is 2.28. The van der Waals surface area contributed by atoms with Crippen molar-refractivity contribution in [2.45, 2.75) is 151 Å². The van der Waals surface area contributed by atoms with E-state index >= 15 is 0 Å². The van der Waals surface area contributed by atoms with E-state index in [1.54, 1.807) is 48.5 Å². The van der Waals surface area contributed by atoms with Crippen molar-refractivity contribution in [2.24, 2.45) is 11.5 Å². The first-order valence-corrected chi connectivity index (χ1v) is 31.6. The SMILES string of the molecule is CCCCCOc1ccc(-c2ccc(-c3ccc(C(=O)N[C@H]4CCCNC(=O)[C@@H]5C[C@H](N)CN5C(=O)[C@H](CCCN)NC(=O)[C@H](CCc5ccc(O)cc5)NC(=O)[C@@H]5CCCN5C(=O)[C@H]([C@@H](C)O)NC4=O)cc3)cc2)cc1.Cc1ccc(S(=O)(=O)O)cc1. The number of carbonyl (C=O) groups is 7. The molecule has 0 bridgehead atoms. The number of nitrogens with zero attached hydrogens (tertiary/aromatic N) is 2. The number of nitrogens with two attached hydrogens (primary N) is 2. The number of hydrogen-bond donors (Lipinski definition) is 10. The molecule has 0 aliphatic carbocycles. The number of hydrogen-bond acceptors (Lipinski definition) is 14. The summed E-state index contributed by atoms with van der Waals surface area (Å²) >= 11 is 0. The lowest BCUT2D eigenvalue weighted by Gasteiger charge is -2.32. The average Bonchev–Trinajstić information content (AvgIpc) is 2.33. The van der Waals surface area contributed by atoms with Gasteiger partial charge in [-0.1, -0.05) is 98.1 Å². The third-order valence-corrected chi connectivity index (χ3v) is 16.8. The summed E-state index contributed by atoms with van der Waals surface area (Å²) < 4.78 is 35.4. The molecule has 5 aromatic rings. The van der Waals surface area contributed by atoms with Crippen LogP contribution in [0.25, 0.3) is 22.3 Å². The molecule has 12 N–H and O–H groups in total. The summed E-state index contributed by atoms with van der Waals surface area (Å²) in [5, 5.41) is 34.9. The van der Waals surface area contributed by atoms with Crippen LogP contribution in [-0.2, 0) is 45.3 Å². The normalized spacial score (nSPS) is 21.9. The van der Waals surface area contributed by atoms with Gasteiger partial charge < -0.3 is 62.8 Å². The van der Waals surface area contributed by atoms with Gasteiger partial charge in [-0.25, -0.2) is 0 Å². The Morgan fingerprint density at radius 2 is 1.32 bits per heavy atom. The molecule has 3 heterocycles. The van der Waals surface area contributed by atoms with Crippen molar-refractivity contribution < 1.29 is 61.5 Å². The van der Waals surface area contributed by atoms with E-state index in [9.17, 15) is 52.2 Å². The van der Waals surface area contributed by atoms with E-state index in [2.05, 4.69) is 33.5 Å². The van der Waals surface area contributed by atoms with Gasteiger partial charge in [0, 0.05) is 31.2 Å². The standard InChI is InChI=1S/C58H75N9O10.C7H8O3S/c1-3-4-5-33-77-45-27-23-41(24-28-45)39-17-15-38(16-18-39)40-19-21-42(22-20-40)52(70)62-46-10-7-31-61-55(73)50-34-43(60)35-67(50)57(75)48(9-6-30-59)64-53(71)47(29-14-37-12-25-44(69)26-13-37)63-56(74)49-11-8-32-66(49)58(76)51(36(2)68)65-54(46)72;1-6-2-4-7(5-3-6)11(8,9)10/h12-13,15-28,36,43,46-51,68-69H,3-11,14,29-35,59-60H2,1-2H3,(H,61,73)(H,62,70)(H,63,74)(H,64,71)(H,65,72);2-5H,1H3,(H,8,9,10)/t36-,43+,46+,47+,48+,49+,50+,51+;/m1./s1. The molecule has 7 amide bonds. The molecular weight excluding hydrogens is 1150 g/mol. The molecule has 3 fully saturated rings. The third-order valence-electron chi connectivity index (χ3n) is 15.9. The quantitative estimate of drug-likeness (QED) is 0.0447. The molecule has 8 rings (SSSR count). The molecule has 8 atom stereocenters. The molecule has 88 heavy (non-hydrogen) atoms. The Balaban J connectivity index is 0.000000903. The Bertz CT molecular complexity index is 3280. The highest BCUT2D eigenvalue weighted by molar-refractivity contribution is 7.85. The second kappa shape index (κ2) is 32.1. The van der Waals surface area contributed by atoms with Crippen LogP contribution in [0.3, 0.4) is 0 Å². The molecule has 0 radical (unpaired) electrons. The molecule has 5 aromatic carbocycles. The first-order valence-electron chi connectivity index (χ1n) is 30.1. The highest BCUT2D eigenvalue weighted by atomic mass is 32.2.